The second-order valence-electron chi connectivity index (χ2n) is 4.59. The highest BCUT2D eigenvalue weighted by molar-refractivity contribution is 7.13. The third-order valence-electron chi connectivity index (χ3n) is 3.21. The smallest absolute Gasteiger partial charge is 0.334 e. The first kappa shape index (κ1) is 13.8. The number of carbonyl (C=O) groups excluding carboxylic acids is 1. The lowest BCUT2D eigenvalue weighted by Gasteiger charge is -2.30. The van der Waals surface area contributed by atoms with E-state index in [4.69, 9.17) is 9.84 Å². The van der Waals surface area contributed by atoms with E-state index in [0.717, 1.165) is 10.6 Å². The number of aromatic amines is 1. The van der Waals surface area contributed by atoms with Crippen molar-refractivity contribution in [1.82, 2.24) is 15.1 Å². The minimum atomic E-state index is -1.06. The molecule has 2 N–H and O–H groups in total. The Hall–Kier alpha value is -2.19. The molecular weight excluding hydrogens is 294 g/mol. The number of carbonyl (C=O) groups is 2. The van der Waals surface area contributed by atoms with Crippen molar-refractivity contribution in [2.75, 3.05) is 19.7 Å². The molecule has 1 fully saturated rings. The summed E-state index contributed by atoms with van der Waals surface area (Å²) in [7, 11) is 0. The fourth-order valence-corrected chi connectivity index (χ4v) is 2.83. The number of nitrogens with zero attached hydrogens (tertiary/aromatic N) is 2. The molecule has 0 aliphatic carbocycles. The van der Waals surface area contributed by atoms with Crippen LogP contribution in [0.25, 0.3) is 10.6 Å². The zero-order valence-corrected chi connectivity index (χ0v) is 11.8. The second kappa shape index (κ2) is 5.66. The Morgan fingerprint density at radius 1 is 1.52 bits per heavy atom. The number of ether oxygens (including phenoxy) is 1. The molecule has 0 bridgehead atoms. The molecular formula is C13H13N3O4S. The lowest BCUT2D eigenvalue weighted by Crippen LogP contribution is -2.48. The fraction of sp³-hybridized carbons (Fsp3) is 0.308. The average molecular weight is 307 g/mol. The van der Waals surface area contributed by atoms with Gasteiger partial charge < -0.3 is 14.7 Å². The number of nitrogens with one attached hydrogen (secondary N) is 1. The second-order valence-corrected chi connectivity index (χ2v) is 5.54. The monoisotopic (exact) mass is 307 g/mol. The number of thiophene rings is 1. The third-order valence-corrected chi connectivity index (χ3v) is 4.12. The number of morpholine rings is 1. The van der Waals surface area contributed by atoms with Crippen LogP contribution in [0.4, 0.5) is 0 Å². The molecule has 21 heavy (non-hydrogen) atoms. The van der Waals surface area contributed by atoms with E-state index in [1.54, 1.807) is 17.4 Å². The minimum absolute atomic E-state index is 0.0371. The SMILES string of the molecule is O=C(O)[C@@H]1CN(C(=O)c2cc(-c3cccs3)[nH]n2)CCO1. The first-order valence-electron chi connectivity index (χ1n) is 6.38. The van der Waals surface area contributed by atoms with Crippen LogP contribution in [0.3, 0.4) is 0 Å². The standard InChI is InChI=1S/C13H13N3O4S/c17-12(16-3-4-20-10(7-16)13(18)19)9-6-8(14-15-9)11-2-1-5-21-11/h1-2,5-6,10H,3-4,7H2,(H,14,15)(H,18,19)/t10-/m0/s1. The summed E-state index contributed by atoms with van der Waals surface area (Å²) in [6, 6.07) is 5.53. The molecule has 2 aromatic heterocycles. The molecule has 110 valence electrons. The Bertz CT molecular complexity index is 652. The van der Waals surface area contributed by atoms with Gasteiger partial charge in [0.1, 0.15) is 0 Å². The summed E-state index contributed by atoms with van der Waals surface area (Å²) in [5, 5.41) is 17.7. The molecule has 0 saturated carbocycles. The van der Waals surface area contributed by atoms with Gasteiger partial charge in [-0.2, -0.15) is 5.10 Å². The highest BCUT2D eigenvalue weighted by atomic mass is 32.1. The van der Waals surface area contributed by atoms with E-state index in [1.807, 2.05) is 17.5 Å². The van der Waals surface area contributed by atoms with Crippen molar-refractivity contribution in [3.05, 3.63) is 29.3 Å². The molecule has 1 aliphatic rings. The number of carboxylic acids is 1. The lowest BCUT2D eigenvalue weighted by atomic mass is 10.2. The Morgan fingerprint density at radius 2 is 2.38 bits per heavy atom. The predicted molar refractivity (Wildman–Crippen MR) is 75.2 cm³/mol. The molecule has 3 rings (SSSR count). The zero-order valence-electron chi connectivity index (χ0n) is 11.0. The van der Waals surface area contributed by atoms with Crippen LogP contribution in [0.5, 0.6) is 0 Å². The Balaban J connectivity index is 1.74. The first-order valence-corrected chi connectivity index (χ1v) is 7.26. The molecule has 1 aliphatic heterocycles. The van der Waals surface area contributed by atoms with Crippen molar-refractivity contribution in [3.8, 4) is 10.6 Å². The van der Waals surface area contributed by atoms with Gasteiger partial charge in [0.25, 0.3) is 5.91 Å². The number of amides is 1. The van der Waals surface area contributed by atoms with Crippen LogP contribution >= 0.6 is 11.3 Å². The molecule has 3 heterocycles. The van der Waals surface area contributed by atoms with Crippen molar-refractivity contribution in [2.45, 2.75) is 6.10 Å². The molecule has 1 saturated heterocycles. The van der Waals surface area contributed by atoms with E-state index in [9.17, 15) is 9.59 Å². The van der Waals surface area contributed by atoms with Gasteiger partial charge in [0.05, 0.1) is 23.7 Å². The van der Waals surface area contributed by atoms with Gasteiger partial charge >= 0.3 is 5.97 Å². The van der Waals surface area contributed by atoms with Gasteiger partial charge in [-0.15, -0.1) is 11.3 Å². The maximum atomic E-state index is 12.3. The maximum absolute atomic E-state index is 12.3. The van der Waals surface area contributed by atoms with E-state index >= 15 is 0 Å². The van der Waals surface area contributed by atoms with Gasteiger partial charge in [-0.05, 0) is 17.5 Å². The van der Waals surface area contributed by atoms with Crippen molar-refractivity contribution in [1.29, 1.82) is 0 Å². The van der Waals surface area contributed by atoms with Gasteiger partial charge in [0.15, 0.2) is 11.8 Å². The van der Waals surface area contributed by atoms with Crippen molar-refractivity contribution in [3.63, 3.8) is 0 Å². The van der Waals surface area contributed by atoms with E-state index in [1.165, 1.54) is 4.90 Å². The van der Waals surface area contributed by atoms with Gasteiger partial charge in [-0.3, -0.25) is 9.89 Å². The quantitative estimate of drug-likeness (QED) is 0.884. The Kier molecular flexibility index (Phi) is 3.72. The maximum Gasteiger partial charge on any atom is 0.334 e. The summed E-state index contributed by atoms with van der Waals surface area (Å²) in [4.78, 5) is 25.7. The molecule has 0 spiro atoms. The number of carboxylic acid groups (broad SMARTS) is 1. The summed E-state index contributed by atoms with van der Waals surface area (Å²) in [6.45, 7) is 0.615. The molecule has 0 aromatic carbocycles. The number of hydrogen-bond donors (Lipinski definition) is 2. The number of rotatable bonds is 3. The largest absolute Gasteiger partial charge is 0.479 e. The summed E-state index contributed by atoms with van der Waals surface area (Å²) in [5.41, 5.74) is 1.06. The first-order chi connectivity index (χ1) is 10.1. The number of aliphatic carboxylic acids is 1. The van der Waals surface area contributed by atoms with Crippen LogP contribution < -0.4 is 0 Å². The molecule has 2 aromatic rings. The highest BCUT2D eigenvalue weighted by Gasteiger charge is 2.30. The normalized spacial score (nSPS) is 18.7. The van der Waals surface area contributed by atoms with E-state index in [-0.39, 0.29) is 24.8 Å². The number of hydrogen-bond acceptors (Lipinski definition) is 5. The van der Waals surface area contributed by atoms with E-state index < -0.39 is 12.1 Å². The van der Waals surface area contributed by atoms with Gasteiger partial charge in [-0.1, -0.05) is 6.07 Å². The summed E-state index contributed by atoms with van der Waals surface area (Å²) < 4.78 is 5.10. The van der Waals surface area contributed by atoms with Gasteiger partial charge in [0.2, 0.25) is 0 Å². The molecule has 8 heteroatoms. The third kappa shape index (κ3) is 2.81. The summed E-state index contributed by atoms with van der Waals surface area (Å²) in [5.74, 6) is -1.35. The fourth-order valence-electron chi connectivity index (χ4n) is 2.13. The summed E-state index contributed by atoms with van der Waals surface area (Å²) >= 11 is 1.55. The lowest BCUT2D eigenvalue weighted by molar-refractivity contribution is -0.154. The Labute approximate surface area is 124 Å². The molecule has 0 unspecified atom stereocenters. The predicted octanol–water partition coefficient (Wildman–Crippen LogP) is 1.06. The van der Waals surface area contributed by atoms with Crippen LogP contribution in [-0.2, 0) is 9.53 Å². The highest BCUT2D eigenvalue weighted by Crippen LogP contribution is 2.23. The number of aromatic nitrogens is 2. The van der Waals surface area contributed by atoms with Crippen molar-refractivity contribution in [2.24, 2.45) is 0 Å². The van der Waals surface area contributed by atoms with E-state index in [2.05, 4.69) is 10.2 Å². The van der Waals surface area contributed by atoms with Crippen LogP contribution in [0.15, 0.2) is 23.6 Å². The summed E-state index contributed by atoms with van der Waals surface area (Å²) in [6.07, 6.45) is -0.974. The topological polar surface area (TPSA) is 95.5 Å². The van der Waals surface area contributed by atoms with Crippen molar-refractivity contribution >= 4 is 23.2 Å². The Morgan fingerprint density at radius 3 is 3.10 bits per heavy atom. The molecule has 7 nitrogen and oxygen atoms in total. The van der Waals surface area contributed by atoms with Crippen LogP contribution in [0.2, 0.25) is 0 Å². The van der Waals surface area contributed by atoms with Gasteiger partial charge in [0, 0.05) is 6.54 Å². The van der Waals surface area contributed by atoms with Crippen molar-refractivity contribution < 1.29 is 19.4 Å². The van der Waals surface area contributed by atoms with Crippen LogP contribution in [0, 0.1) is 0 Å². The van der Waals surface area contributed by atoms with E-state index in [0.29, 0.717) is 6.54 Å². The number of H-pyrrole nitrogens is 1. The van der Waals surface area contributed by atoms with Gasteiger partial charge in [-0.25, -0.2) is 4.79 Å². The molecule has 0 radical (unpaired) electrons. The average Bonchev–Trinajstić information content (AvgIpc) is 3.17. The van der Waals surface area contributed by atoms with Crippen LogP contribution in [0.1, 0.15) is 10.5 Å². The van der Waals surface area contributed by atoms with Crippen LogP contribution in [-0.4, -0.2) is 57.9 Å². The molecule has 1 atom stereocenters. The molecule has 1 amide bonds. The minimum Gasteiger partial charge on any atom is -0.479 e. The zero-order chi connectivity index (χ0) is 14.8.